The fourth-order valence-corrected chi connectivity index (χ4v) is 3.40. The molecule has 0 unspecified atom stereocenters. The molecule has 6 heteroatoms. The first kappa shape index (κ1) is 15.4. The van der Waals surface area contributed by atoms with Crippen LogP contribution in [0.25, 0.3) is 11.0 Å². The number of hydrogen-bond donors (Lipinski definition) is 2. The molecule has 1 saturated heterocycles. The normalized spacial score (nSPS) is 16.0. The van der Waals surface area contributed by atoms with Crippen LogP contribution in [-0.4, -0.2) is 40.8 Å². The molecular weight excluding hydrogens is 296 g/mol. The molecule has 2 aromatic rings. The van der Waals surface area contributed by atoms with Gasteiger partial charge in [-0.2, -0.15) is 11.8 Å². The summed E-state index contributed by atoms with van der Waals surface area (Å²) in [6, 6.07) is 8.31. The van der Waals surface area contributed by atoms with E-state index in [2.05, 4.69) is 21.9 Å². The van der Waals surface area contributed by atoms with E-state index in [0.717, 1.165) is 48.5 Å². The van der Waals surface area contributed by atoms with Gasteiger partial charge in [0.1, 0.15) is 12.4 Å². The van der Waals surface area contributed by atoms with Gasteiger partial charge < -0.3 is 15.2 Å². The number of nitrogens with one attached hydrogen (secondary N) is 2. The number of imidazole rings is 1. The van der Waals surface area contributed by atoms with E-state index >= 15 is 0 Å². The zero-order valence-electron chi connectivity index (χ0n) is 12.8. The lowest BCUT2D eigenvalue weighted by atomic mass is 10.1. The molecule has 1 fully saturated rings. The van der Waals surface area contributed by atoms with Crippen molar-refractivity contribution in [2.45, 2.75) is 31.2 Å². The molecule has 0 aliphatic carbocycles. The number of fused-ring (bicyclic) bond motifs is 1. The molecule has 1 aromatic heterocycles. The predicted octanol–water partition coefficient (Wildman–Crippen LogP) is 1.77. The molecule has 1 amide bonds. The van der Waals surface area contributed by atoms with E-state index in [0.29, 0.717) is 12.6 Å². The number of para-hydroxylation sites is 2. The van der Waals surface area contributed by atoms with E-state index in [1.807, 2.05) is 28.8 Å². The fourth-order valence-electron chi connectivity index (χ4n) is 2.92. The van der Waals surface area contributed by atoms with Gasteiger partial charge in [0.05, 0.1) is 16.8 Å². The van der Waals surface area contributed by atoms with Crippen LogP contribution in [0.4, 0.5) is 0 Å². The van der Waals surface area contributed by atoms with Crippen molar-refractivity contribution in [1.82, 2.24) is 20.2 Å². The standard InChI is InChI=1S/C16H22N4OS/c1-22-11-15-19-13-4-2-3-5-14(13)20(15)10-16(21)18-12-6-8-17-9-7-12/h2-5,12,17H,6-11H2,1H3,(H,18,21). The topological polar surface area (TPSA) is 59.0 Å². The van der Waals surface area contributed by atoms with E-state index in [9.17, 15) is 4.79 Å². The smallest absolute Gasteiger partial charge is 0.240 e. The summed E-state index contributed by atoms with van der Waals surface area (Å²) >= 11 is 1.72. The summed E-state index contributed by atoms with van der Waals surface area (Å²) in [7, 11) is 0. The van der Waals surface area contributed by atoms with Gasteiger partial charge in [0.25, 0.3) is 0 Å². The van der Waals surface area contributed by atoms with Gasteiger partial charge in [-0.3, -0.25) is 4.79 Å². The molecule has 0 spiro atoms. The Bertz CT molecular complexity index is 649. The summed E-state index contributed by atoms with van der Waals surface area (Å²) in [5, 5.41) is 6.47. The quantitative estimate of drug-likeness (QED) is 0.882. The van der Waals surface area contributed by atoms with Crippen molar-refractivity contribution in [3.8, 4) is 0 Å². The summed E-state index contributed by atoms with van der Waals surface area (Å²) in [6.07, 6.45) is 4.07. The number of carbonyl (C=O) groups excluding carboxylic acids is 1. The van der Waals surface area contributed by atoms with Crippen molar-refractivity contribution in [1.29, 1.82) is 0 Å². The van der Waals surface area contributed by atoms with Crippen LogP contribution >= 0.6 is 11.8 Å². The zero-order chi connectivity index (χ0) is 15.4. The van der Waals surface area contributed by atoms with Crippen LogP contribution < -0.4 is 10.6 Å². The van der Waals surface area contributed by atoms with Crippen LogP contribution in [0.15, 0.2) is 24.3 Å². The van der Waals surface area contributed by atoms with E-state index in [1.54, 1.807) is 11.8 Å². The van der Waals surface area contributed by atoms with Crippen LogP contribution in [0.1, 0.15) is 18.7 Å². The van der Waals surface area contributed by atoms with E-state index < -0.39 is 0 Å². The predicted molar refractivity (Wildman–Crippen MR) is 91.0 cm³/mol. The SMILES string of the molecule is CSCc1nc2ccccc2n1CC(=O)NC1CCNCC1. The van der Waals surface area contributed by atoms with E-state index in [-0.39, 0.29) is 5.91 Å². The first-order valence-electron chi connectivity index (χ1n) is 7.71. The van der Waals surface area contributed by atoms with Crippen molar-refractivity contribution in [2.24, 2.45) is 0 Å². The highest BCUT2D eigenvalue weighted by Gasteiger charge is 2.17. The third kappa shape index (κ3) is 3.44. The number of hydrogen-bond acceptors (Lipinski definition) is 4. The Labute approximate surface area is 134 Å². The van der Waals surface area contributed by atoms with E-state index in [1.165, 1.54) is 0 Å². The monoisotopic (exact) mass is 318 g/mol. The molecule has 22 heavy (non-hydrogen) atoms. The average molecular weight is 318 g/mol. The molecule has 2 N–H and O–H groups in total. The molecule has 0 bridgehead atoms. The maximum Gasteiger partial charge on any atom is 0.240 e. The number of nitrogens with zero attached hydrogens (tertiary/aromatic N) is 2. The van der Waals surface area contributed by atoms with Gasteiger partial charge in [0.2, 0.25) is 5.91 Å². The summed E-state index contributed by atoms with van der Waals surface area (Å²) in [4.78, 5) is 17.0. The number of rotatable bonds is 5. The Morgan fingerprint density at radius 3 is 2.95 bits per heavy atom. The summed E-state index contributed by atoms with van der Waals surface area (Å²) in [5.74, 6) is 1.86. The first-order chi connectivity index (χ1) is 10.8. The Balaban J connectivity index is 1.76. The maximum atomic E-state index is 12.4. The lowest BCUT2D eigenvalue weighted by molar-refractivity contribution is -0.122. The minimum atomic E-state index is 0.0809. The van der Waals surface area contributed by atoms with E-state index in [4.69, 9.17) is 0 Å². The molecule has 0 saturated carbocycles. The molecule has 1 aliphatic heterocycles. The summed E-state index contributed by atoms with van der Waals surface area (Å²) in [5.41, 5.74) is 1.99. The number of piperidine rings is 1. The fraction of sp³-hybridized carbons (Fsp3) is 0.500. The highest BCUT2D eigenvalue weighted by atomic mass is 32.2. The third-order valence-corrected chi connectivity index (χ3v) is 4.56. The van der Waals surface area contributed by atoms with Gasteiger partial charge >= 0.3 is 0 Å². The average Bonchev–Trinajstić information content (AvgIpc) is 2.86. The molecule has 3 rings (SSSR count). The molecule has 1 aromatic carbocycles. The molecule has 5 nitrogen and oxygen atoms in total. The number of benzene rings is 1. The van der Waals surface area contributed by atoms with Crippen LogP contribution in [0, 0.1) is 0 Å². The summed E-state index contributed by atoms with van der Waals surface area (Å²) < 4.78 is 2.04. The second kappa shape index (κ2) is 7.15. The number of amides is 1. The lowest BCUT2D eigenvalue weighted by Crippen LogP contribution is -2.43. The largest absolute Gasteiger partial charge is 0.352 e. The minimum Gasteiger partial charge on any atom is -0.352 e. The highest BCUT2D eigenvalue weighted by molar-refractivity contribution is 7.97. The van der Waals surface area contributed by atoms with Crippen LogP contribution in [0.3, 0.4) is 0 Å². The second-order valence-electron chi connectivity index (χ2n) is 5.63. The Morgan fingerprint density at radius 1 is 1.41 bits per heavy atom. The maximum absolute atomic E-state index is 12.4. The zero-order valence-corrected chi connectivity index (χ0v) is 13.7. The van der Waals surface area contributed by atoms with Gasteiger partial charge in [0, 0.05) is 6.04 Å². The second-order valence-corrected chi connectivity index (χ2v) is 6.49. The van der Waals surface area contributed by atoms with Gasteiger partial charge in [0.15, 0.2) is 0 Å². The Hall–Kier alpha value is -1.53. The van der Waals surface area contributed by atoms with Crippen molar-refractivity contribution in [3.05, 3.63) is 30.1 Å². The highest BCUT2D eigenvalue weighted by Crippen LogP contribution is 2.19. The Morgan fingerprint density at radius 2 is 2.18 bits per heavy atom. The molecular formula is C16H22N4OS. The number of thioether (sulfide) groups is 1. The van der Waals surface area contributed by atoms with Crippen molar-refractivity contribution in [3.63, 3.8) is 0 Å². The third-order valence-electron chi connectivity index (χ3n) is 4.01. The van der Waals surface area contributed by atoms with Crippen LogP contribution in [-0.2, 0) is 17.1 Å². The van der Waals surface area contributed by atoms with Crippen LogP contribution in [0.5, 0.6) is 0 Å². The van der Waals surface area contributed by atoms with Gasteiger partial charge in [-0.1, -0.05) is 12.1 Å². The number of carbonyl (C=O) groups is 1. The molecule has 0 atom stereocenters. The van der Waals surface area contributed by atoms with Crippen LogP contribution in [0.2, 0.25) is 0 Å². The van der Waals surface area contributed by atoms with Gasteiger partial charge in [-0.25, -0.2) is 4.98 Å². The lowest BCUT2D eigenvalue weighted by Gasteiger charge is -2.24. The van der Waals surface area contributed by atoms with Crippen molar-refractivity contribution in [2.75, 3.05) is 19.3 Å². The van der Waals surface area contributed by atoms with Gasteiger partial charge in [-0.05, 0) is 44.3 Å². The first-order valence-corrected chi connectivity index (χ1v) is 9.10. The molecule has 2 heterocycles. The number of aromatic nitrogens is 2. The van der Waals surface area contributed by atoms with Crippen molar-refractivity contribution >= 4 is 28.7 Å². The molecule has 1 aliphatic rings. The molecule has 118 valence electrons. The van der Waals surface area contributed by atoms with Gasteiger partial charge in [-0.15, -0.1) is 0 Å². The minimum absolute atomic E-state index is 0.0809. The Kier molecular flexibility index (Phi) is 5.00. The van der Waals surface area contributed by atoms with Crippen molar-refractivity contribution < 1.29 is 4.79 Å². The summed E-state index contributed by atoms with van der Waals surface area (Å²) in [6.45, 7) is 2.31. The molecule has 0 radical (unpaired) electrons.